The first kappa shape index (κ1) is 23.9. The smallest absolute Gasteiger partial charge is 0.302 e. The van der Waals surface area contributed by atoms with Crippen LogP contribution in [0.3, 0.4) is 0 Å². The van der Waals surface area contributed by atoms with Crippen molar-refractivity contribution in [3.63, 3.8) is 0 Å². The van der Waals surface area contributed by atoms with Crippen LogP contribution in [0.5, 0.6) is 11.5 Å². The highest BCUT2D eigenvalue weighted by Gasteiger charge is 2.11. The average Bonchev–Trinajstić information content (AvgIpc) is 3.26. The third kappa shape index (κ3) is 6.19. The first-order chi connectivity index (χ1) is 16.5. The molecule has 0 spiro atoms. The number of halogens is 1. The van der Waals surface area contributed by atoms with Crippen LogP contribution in [0.25, 0.3) is 11.0 Å². The lowest BCUT2D eigenvalue weighted by Gasteiger charge is -2.12. The van der Waals surface area contributed by atoms with Gasteiger partial charge in [0.05, 0.1) is 41.9 Å². The van der Waals surface area contributed by atoms with Gasteiger partial charge >= 0.3 is 5.97 Å². The molecule has 4 rings (SSSR count). The number of fused-ring (bicyclic) bond motifs is 1. The number of para-hydroxylation sites is 1. The van der Waals surface area contributed by atoms with Gasteiger partial charge in [0, 0.05) is 24.8 Å². The van der Waals surface area contributed by atoms with E-state index in [0.717, 1.165) is 42.9 Å². The van der Waals surface area contributed by atoms with E-state index in [4.69, 9.17) is 18.6 Å². The van der Waals surface area contributed by atoms with E-state index in [1.807, 2.05) is 36.4 Å². The maximum absolute atomic E-state index is 11.0. The van der Waals surface area contributed by atoms with E-state index in [0.29, 0.717) is 31.9 Å². The van der Waals surface area contributed by atoms with Gasteiger partial charge in [-0.3, -0.25) is 9.78 Å². The summed E-state index contributed by atoms with van der Waals surface area (Å²) in [5.74, 6) is 2.02. The number of carbonyl (C=O) groups excluding carboxylic acids is 1. The number of carbonyl (C=O) groups is 1. The maximum atomic E-state index is 11.0. The minimum Gasteiger partial charge on any atom is -0.495 e. The van der Waals surface area contributed by atoms with Gasteiger partial charge in [0.2, 0.25) is 0 Å². The van der Waals surface area contributed by atoms with Gasteiger partial charge in [-0.05, 0) is 58.0 Å². The van der Waals surface area contributed by atoms with E-state index >= 15 is 0 Å². The second-order valence-electron chi connectivity index (χ2n) is 7.66. The quantitative estimate of drug-likeness (QED) is 0.192. The number of aromatic nitrogens is 1. The fourth-order valence-electron chi connectivity index (χ4n) is 3.53. The molecular weight excluding hydrogens is 547 g/mol. The Morgan fingerprint density at radius 2 is 2.00 bits per heavy atom. The maximum Gasteiger partial charge on any atom is 0.302 e. The SMILES string of the molecule is COc1cncc(NCc2cc3cc(COc4ccccc4CCOC(C)=O)cc(I)c3o2)c1. The number of hydrogen-bond acceptors (Lipinski definition) is 7. The fourth-order valence-corrected chi connectivity index (χ4v) is 4.35. The highest BCUT2D eigenvalue weighted by Crippen LogP contribution is 2.28. The Morgan fingerprint density at radius 3 is 2.82 bits per heavy atom. The second-order valence-corrected chi connectivity index (χ2v) is 8.82. The Morgan fingerprint density at radius 1 is 1.15 bits per heavy atom. The Bertz CT molecular complexity index is 1290. The van der Waals surface area contributed by atoms with Gasteiger partial charge in [-0.15, -0.1) is 0 Å². The highest BCUT2D eigenvalue weighted by molar-refractivity contribution is 14.1. The van der Waals surface area contributed by atoms with Gasteiger partial charge in [-0.2, -0.15) is 0 Å². The number of anilines is 1. The summed E-state index contributed by atoms with van der Waals surface area (Å²) in [7, 11) is 1.62. The van der Waals surface area contributed by atoms with E-state index in [2.05, 4.69) is 45.0 Å². The van der Waals surface area contributed by atoms with E-state index in [-0.39, 0.29) is 5.97 Å². The molecule has 0 saturated carbocycles. The molecule has 2 aromatic carbocycles. The van der Waals surface area contributed by atoms with Crippen molar-refractivity contribution in [1.82, 2.24) is 4.98 Å². The fraction of sp³-hybridized carbons (Fsp3) is 0.231. The number of ether oxygens (including phenoxy) is 3. The highest BCUT2D eigenvalue weighted by atomic mass is 127. The van der Waals surface area contributed by atoms with Gasteiger partial charge < -0.3 is 23.9 Å². The zero-order valence-corrected chi connectivity index (χ0v) is 21.1. The first-order valence-electron chi connectivity index (χ1n) is 10.8. The minimum atomic E-state index is -0.281. The number of rotatable bonds is 10. The number of furan rings is 1. The summed E-state index contributed by atoms with van der Waals surface area (Å²) < 4.78 is 23.5. The van der Waals surface area contributed by atoms with Crippen molar-refractivity contribution in [2.45, 2.75) is 26.5 Å². The normalized spacial score (nSPS) is 10.8. The van der Waals surface area contributed by atoms with Crippen LogP contribution in [0, 0.1) is 3.57 Å². The zero-order valence-electron chi connectivity index (χ0n) is 19.0. The molecule has 4 aromatic rings. The number of esters is 1. The lowest BCUT2D eigenvalue weighted by atomic mass is 10.1. The Hall–Kier alpha value is -3.27. The van der Waals surface area contributed by atoms with Gasteiger partial charge in [-0.1, -0.05) is 18.2 Å². The lowest BCUT2D eigenvalue weighted by Crippen LogP contribution is -2.05. The molecule has 2 aromatic heterocycles. The van der Waals surface area contributed by atoms with Crippen molar-refractivity contribution in [3.05, 3.63) is 81.4 Å². The number of benzene rings is 2. The van der Waals surface area contributed by atoms with Crippen molar-refractivity contribution in [3.8, 4) is 11.5 Å². The van der Waals surface area contributed by atoms with E-state index in [1.54, 1.807) is 19.5 Å². The first-order valence-corrected chi connectivity index (χ1v) is 11.9. The predicted octanol–water partition coefficient (Wildman–Crippen LogP) is 5.74. The molecule has 0 radical (unpaired) electrons. The number of nitrogens with one attached hydrogen (secondary N) is 1. The molecular formula is C26H25IN2O5. The molecule has 0 fully saturated rings. The van der Waals surface area contributed by atoms with Crippen molar-refractivity contribution in [2.75, 3.05) is 19.0 Å². The van der Waals surface area contributed by atoms with Gasteiger partial charge in [0.15, 0.2) is 0 Å². The Balaban J connectivity index is 1.43. The summed E-state index contributed by atoms with van der Waals surface area (Å²) in [6.45, 7) is 2.69. The molecule has 0 unspecified atom stereocenters. The summed E-state index contributed by atoms with van der Waals surface area (Å²) >= 11 is 2.29. The molecule has 2 heterocycles. The van der Waals surface area contributed by atoms with Crippen molar-refractivity contribution in [1.29, 1.82) is 0 Å². The minimum absolute atomic E-state index is 0.281. The monoisotopic (exact) mass is 572 g/mol. The predicted molar refractivity (Wildman–Crippen MR) is 138 cm³/mol. The topological polar surface area (TPSA) is 82.8 Å². The number of hydrogen-bond donors (Lipinski definition) is 1. The number of nitrogens with zero attached hydrogens (tertiary/aromatic N) is 1. The molecule has 0 amide bonds. The van der Waals surface area contributed by atoms with E-state index < -0.39 is 0 Å². The molecule has 8 heteroatoms. The van der Waals surface area contributed by atoms with Gasteiger partial charge in [0.25, 0.3) is 0 Å². The van der Waals surface area contributed by atoms with Crippen LogP contribution in [0.1, 0.15) is 23.8 Å². The van der Waals surface area contributed by atoms with E-state index in [1.165, 1.54) is 6.92 Å². The Labute approximate surface area is 211 Å². The lowest BCUT2D eigenvalue weighted by molar-refractivity contribution is -0.140. The van der Waals surface area contributed by atoms with Crippen LogP contribution in [0.4, 0.5) is 5.69 Å². The van der Waals surface area contributed by atoms with E-state index in [9.17, 15) is 4.79 Å². The molecule has 1 N–H and O–H groups in total. The second kappa shape index (κ2) is 11.2. The third-order valence-electron chi connectivity index (χ3n) is 5.14. The van der Waals surface area contributed by atoms with Crippen LogP contribution in [-0.2, 0) is 29.1 Å². The molecule has 0 aliphatic carbocycles. The summed E-state index contributed by atoms with van der Waals surface area (Å²) in [6, 6.07) is 15.9. The van der Waals surface area contributed by atoms with Gasteiger partial charge in [-0.25, -0.2) is 0 Å². The number of pyridine rings is 1. The molecule has 0 bridgehead atoms. The largest absolute Gasteiger partial charge is 0.495 e. The molecule has 0 aliphatic rings. The van der Waals surface area contributed by atoms with Crippen molar-refractivity contribution in [2.24, 2.45) is 0 Å². The van der Waals surface area contributed by atoms with Crippen molar-refractivity contribution < 1.29 is 23.4 Å². The molecule has 0 saturated heterocycles. The average molecular weight is 572 g/mol. The van der Waals surface area contributed by atoms with Gasteiger partial charge in [0.1, 0.15) is 29.4 Å². The van der Waals surface area contributed by atoms with Crippen LogP contribution in [-0.4, -0.2) is 24.7 Å². The van der Waals surface area contributed by atoms with Crippen LogP contribution in [0.15, 0.2) is 65.3 Å². The number of methoxy groups -OCH3 is 1. The molecule has 34 heavy (non-hydrogen) atoms. The molecule has 0 aliphatic heterocycles. The third-order valence-corrected chi connectivity index (χ3v) is 5.94. The standard InChI is InChI=1S/C26H25IN2O5/c1-17(30)32-8-7-19-5-3-4-6-25(19)33-16-18-9-20-11-23(34-26(20)24(27)10-18)15-29-21-12-22(31-2)14-28-13-21/h3-6,9-14,29H,7-8,15-16H2,1-2H3. The summed E-state index contributed by atoms with van der Waals surface area (Å²) in [6.07, 6.45) is 4.01. The molecule has 0 atom stereocenters. The molecule has 7 nitrogen and oxygen atoms in total. The van der Waals surface area contributed by atoms with Crippen LogP contribution < -0.4 is 14.8 Å². The zero-order chi connectivity index (χ0) is 23.9. The summed E-state index contributed by atoms with van der Waals surface area (Å²) in [5.41, 5.74) is 3.76. The summed E-state index contributed by atoms with van der Waals surface area (Å²) in [4.78, 5) is 15.2. The van der Waals surface area contributed by atoms with Crippen LogP contribution >= 0.6 is 22.6 Å². The van der Waals surface area contributed by atoms with Crippen LogP contribution in [0.2, 0.25) is 0 Å². The van der Waals surface area contributed by atoms with Crippen molar-refractivity contribution >= 4 is 45.2 Å². The summed E-state index contributed by atoms with van der Waals surface area (Å²) in [5, 5.41) is 4.33. The Kier molecular flexibility index (Phi) is 7.89. The molecule has 176 valence electrons.